The quantitative estimate of drug-likeness (QED) is 0.665. The van der Waals surface area contributed by atoms with Gasteiger partial charge in [0.2, 0.25) is 5.91 Å². The number of carbonyl (C=O) groups excluding carboxylic acids is 1. The zero-order chi connectivity index (χ0) is 20.5. The SMILES string of the molecule is CCN(CC(=O)Nc1cccc(OC)c1)Cc1ccc(OC(F)F)c(OC)c1. The summed E-state index contributed by atoms with van der Waals surface area (Å²) in [7, 11) is 2.95. The Labute approximate surface area is 163 Å². The van der Waals surface area contributed by atoms with Gasteiger partial charge in [-0.15, -0.1) is 0 Å². The molecule has 1 amide bonds. The van der Waals surface area contributed by atoms with Crippen LogP contribution in [0.1, 0.15) is 12.5 Å². The molecule has 28 heavy (non-hydrogen) atoms. The van der Waals surface area contributed by atoms with Crippen molar-refractivity contribution >= 4 is 11.6 Å². The molecular formula is C20H24F2N2O4. The second kappa shape index (κ2) is 10.5. The van der Waals surface area contributed by atoms with Gasteiger partial charge >= 0.3 is 6.61 Å². The number of likely N-dealkylation sites (N-methyl/N-ethyl adjacent to an activating group) is 1. The van der Waals surface area contributed by atoms with Crippen molar-refractivity contribution in [1.29, 1.82) is 0 Å². The maximum Gasteiger partial charge on any atom is 0.387 e. The van der Waals surface area contributed by atoms with Gasteiger partial charge in [-0.3, -0.25) is 9.69 Å². The van der Waals surface area contributed by atoms with Gasteiger partial charge < -0.3 is 19.5 Å². The summed E-state index contributed by atoms with van der Waals surface area (Å²) in [5, 5.41) is 2.83. The van der Waals surface area contributed by atoms with Crippen molar-refractivity contribution in [3.63, 3.8) is 0 Å². The second-order valence-corrected chi connectivity index (χ2v) is 5.95. The molecule has 0 bridgehead atoms. The van der Waals surface area contributed by atoms with Gasteiger partial charge in [-0.2, -0.15) is 8.78 Å². The number of nitrogens with one attached hydrogen (secondary N) is 1. The topological polar surface area (TPSA) is 60.0 Å². The minimum absolute atomic E-state index is 0.0277. The van der Waals surface area contributed by atoms with Crippen LogP contribution in [0.15, 0.2) is 42.5 Å². The molecule has 0 aliphatic heterocycles. The maximum absolute atomic E-state index is 12.4. The first-order valence-electron chi connectivity index (χ1n) is 8.73. The summed E-state index contributed by atoms with van der Waals surface area (Å²) >= 11 is 0. The molecule has 8 heteroatoms. The molecule has 0 heterocycles. The van der Waals surface area contributed by atoms with E-state index in [0.29, 0.717) is 24.5 Å². The fourth-order valence-corrected chi connectivity index (χ4v) is 2.65. The fourth-order valence-electron chi connectivity index (χ4n) is 2.65. The lowest BCUT2D eigenvalue weighted by Crippen LogP contribution is -2.32. The summed E-state index contributed by atoms with van der Waals surface area (Å²) in [6.07, 6.45) is 0. The zero-order valence-corrected chi connectivity index (χ0v) is 16.1. The van der Waals surface area contributed by atoms with Crippen molar-refractivity contribution < 1.29 is 27.8 Å². The van der Waals surface area contributed by atoms with E-state index in [4.69, 9.17) is 9.47 Å². The normalized spacial score (nSPS) is 10.8. The largest absolute Gasteiger partial charge is 0.497 e. The number of ether oxygens (including phenoxy) is 3. The van der Waals surface area contributed by atoms with E-state index in [1.807, 2.05) is 11.8 Å². The molecule has 0 fully saturated rings. The van der Waals surface area contributed by atoms with E-state index in [1.165, 1.54) is 13.2 Å². The molecule has 152 valence electrons. The highest BCUT2D eigenvalue weighted by molar-refractivity contribution is 5.92. The average molecular weight is 394 g/mol. The third kappa shape index (κ3) is 6.38. The van der Waals surface area contributed by atoms with Crippen LogP contribution in [0, 0.1) is 0 Å². The first-order chi connectivity index (χ1) is 13.4. The third-order valence-corrected chi connectivity index (χ3v) is 4.02. The van der Waals surface area contributed by atoms with Gasteiger partial charge in [0.1, 0.15) is 5.75 Å². The van der Waals surface area contributed by atoms with Crippen molar-refractivity contribution in [2.24, 2.45) is 0 Å². The van der Waals surface area contributed by atoms with Crippen LogP contribution in [0.5, 0.6) is 17.2 Å². The summed E-state index contributed by atoms with van der Waals surface area (Å²) in [4.78, 5) is 14.3. The van der Waals surface area contributed by atoms with Crippen LogP contribution in [0.3, 0.4) is 0 Å². The van der Waals surface area contributed by atoms with Crippen molar-refractivity contribution in [2.75, 3.05) is 32.6 Å². The first-order valence-corrected chi connectivity index (χ1v) is 8.73. The van der Waals surface area contributed by atoms with Crippen LogP contribution in [0.2, 0.25) is 0 Å². The van der Waals surface area contributed by atoms with E-state index in [2.05, 4.69) is 10.1 Å². The molecular weight excluding hydrogens is 370 g/mol. The Morgan fingerprint density at radius 1 is 1.11 bits per heavy atom. The molecule has 6 nitrogen and oxygen atoms in total. The summed E-state index contributed by atoms with van der Waals surface area (Å²) < 4.78 is 39.6. The van der Waals surface area contributed by atoms with Gasteiger partial charge in [-0.05, 0) is 36.4 Å². The fraction of sp³-hybridized carbons (Fsp3) is 0.350. The number of anilines is 1. The molecule has 0 aliphatic carbocycles. The van der Waals surface area contributed by atoms with Gasteiger partial charge in [0.25, 0.3) is 0 Å². The van der Waals surface area contributed by atoms with Crippen LogP contribution in [-0.2, 0) is 11.3 Å². The van der Waals surface area contributed by atoms with E-state index in [0.717, 1.165) is 5.56 Å². The van der Waals surface area contributed by atoms with E-state index >= 15 is 0 Å². The lowest BCUT2D eigenvalue weighted by Gasteiger charge is -2.21. The molecule has 0 spiro atoms. The van der Waals surface area contributed by atoms with Gasteiger partial charge in [0.05, 0.1) is 20.8 Å². The van der Waals surface area contributed by atoms with E-state index in [1.54, 1.807) is 43.5 Å². The molecule has 0 radical (unpaired) electrons. The standard InChI is InChI=1S/C20H24F2N2O4/c1-4-24(13-19(25)23-15-6-5-7-16(11-15)26-2)12-14-8-9-17(28-20(21)22)18(10-14)27-3/h5-11,20H,4,12-13H2,1-3H3,(H,23,25). The molecule has 2 aromatic carbocycles. The summed E-state index contributed by atoms with van der Waals surface area (Å²) in [5.74, 6) is 0.679. The van der Waals surface area contributed by atoms with Crippen molar-refractivity contribution in [2.45, 2.75) is 20.1 Å². The van der Waals surface area contributed by atoms with Crippen LogP contribution >= 0.6 is 0 Å². The van der Waals surface area contributed by atoms with Crippen molar-refractivity contribution in [1.82, 2.24) is 4.90 Å². The highest BCUT2D eigenvalue weighted by Crippen LogP contribution is 2.29. The van der Waals surface area contributed by atoms with E-state index < -0.39 is 6.61 Å². The number of halogens is 2. The smallest absolute Gasteiger partial charge is 0.387 e. The van der Waals surface area contributed by atoms with Crippen LogP contribution in [-0.4, -0.2) is 44.7 Å². The van der Waals surface area contributed by atoms with E-state index in [9.17, 15) is 13.6 Å². The van der Waals surface area contributed by atoms with Crippen molar-refractivity contribution in [3.05, 3.63) is 48.0 Å². The molecule has 1 N–H and O–H groups in total. The minimum atomic E-state index is -2.92. The molecule has 0 aliphatic rings. The lowest BCUT2D eigenvalue weighted by atomic mass is 10.2. The molecule has 0 saturated carbocycles. The number of carbonyl (C=O) groups is 1. The summed E-state index contributed by atoms with van der Waals surface area (Å²) in [6.45, 7) is 0.263. The second-order valence-electron chi connectivity index (χ2n) is 5.95. The molecule has 2 rings (SSSR count). The highest BCUT2D eigenvalue weighted by atomic mass is 19.3. The maximum atomic E-state index is 12.4. The number of nitrogens with zero attached hydrogens (tertiary/aromatic N) is 1. The Morgan fingerprint density at radius 2 is 1.89 bits per heavy atom. The molecule has 0 aromatic heterocycles. The number of hydrogen-bond acceptors (Lipinski definition) is 5. The van der Waals surface area contributed by atoms with E-state index in [-0.39, 0.29) is 24.0 Å². The summed E-state index contributed by atoms with van der Waals surface area (Å²) in [5.41, 5.74) is 1.46. The highest BCUT2D eigenvalue weighted by Gasteiger charge is 2.14. The molecule has 0 saturated heterocycles. The van der Waals surface area contributed by atoms with Gasteiger partial charge in [-0.25, -0.2) is 0 Å². The first kappa shape index (κ1) is 21.4. The number of hydrogen-bond donors (Lipinski definition) is 1. The Kier molecular flexibility index (Phi) is 8.01. The monoisotopic (exact) mass is 394 g/mol. The Bertz CT molecular complexity index is 787. The predicted molar refractivity (Wildman–Crippen MR) is 102 cm³/mol. The number of benzene rings is 2. The molecule has 0 atom stereocenters. The van der Waals surface area contributed by atoms with Crippen LogP contribution in [0.25, 0.3) is 0 Å². The number of rotatable bonds is 10. The zero-order valence-electron chi connectivity index (χ0n) is 16.1. The van der Waals surface area contributed by atoms with Gasteiger partial charge in [-0.1, -0.05) is 19.1 Å². The minimum Gasteiger partial charge on any atom is -0.497 e. The lowest BCUT2D eigenvalue weighted by molar-refractivity contribution is -0.117. The Balaban J connectivity index is 2.00. The van der Waals surface area contributed by atoms with Gasteiger partial charge in [0, 0.05) is 18.3 Å². The molecule has 0 unspecified atom stereocenters. The third-order valence-electron chi connectivity index (χ3n) is 4.02. The number of methoxy groups -OCH3 is 2. The van der Waals surface area contributed by atoms with Gasteiger partial charge in [0.15, 0.2) is 11.5 Å². The average Bonchev–Trinajstić information content (AvgIpc) is 2.68. The number of alkyl halides is 2. The van der Waals surface area contributed by atoms with Crippen LogP contribution < -0.4 is 19.5 Å². The Hall–Kier alpha value is -2.87. The molecule has 2 aromatic rings. The van der Waals surface area contributed by atoms with Crippen LogP contribution in [0.4, 0.5) is 14.5 Å². The predicted octanol–water partition coefficient (Wildman–Crippen LogP) is 3.77. The Morgan fingerprint density at radius 3 is 2.54 bits per heavy atom. The van der Waals surface area contributed by atoms with Crippen molar-refractivity contribution in [3.8, 4) is 17.2 Å². The number of amides is 1. The summed E-state index contributed by atoms with van der Waals surface area (Å²) in [6, 6.07) is 11.8.